The third-order valence-electron chi connectivity index (χ3n) is 3.58. The predicted molar refractivity (Wildman–Crippen MR) is 95.7 cm³/mol. The maximum Gasteiger partial charge on any atom is 0.326 e. The van der Waals surface area contributed by atoms with Crippen molar-refractivity contribution >= 4 is 33.3 Å². The SMILES string of the molecule is COC(=O)CN(c1ccccc1Cl)S(=O)(=O)c1ccc(OC)c(C)c1. The molecule has 0 bridgehead atoms. The van der Waals surface area contributed by atoms with Crippen molar-refractivity contribution in [2.24, 2.45) is 0 Å². The largest absolute Gasteiger partial charge is 0.496 e. The highest BCUT2D eigenvalue weighted by molar-refractivity contribution is 7.92. The third kappa shape index (κ3) is 4.05. The van der Waals surface area contributed by atoms with E-state index in [1.54, 1.807) is 31.2 Å². The number of sulfonamides is 1. The molecule has 0 aromatic heterocycles. The van der Waals surface area contributed by atoms with Gasteiger partial charge < -0.3 is 9.47 Å². The molecule has 0 aliphatic carbocycles. The van der Waals surface area contributed by atoms with Crippen LogP contribution in [0, 0.1) is 6.92 Å². The number of rotatable bonds is 6. The van der Waals surface area contributed by atoms with Crippen molar-refractivity contribution in [2.45, 2.75) is 11.8 Å². The van der Waals surface area contributed by atoms with Crippen LogP contribution in [0.2, 0.25) is 5.02 Å². The summed E-state index contributed by atoms with van der Waals surface area (Å²) in [6.07, 6.45) is 0. The van der Waals surface area contributed by atoms with E-state index in [1.807, 2.05) is 0 Å². The summed E-state index contributed by atoms with van der Waals surface area (Å²) in [6.45, 7) is 1.24. The number of ether oxygens (including phenoxy) is 2. The number of halogens is 1. The number of methoxy groups -OCH3 is 2. The van der Waals surface area contributed by atoms with Gasteiger partial charge in [-0.2, -0.15) is 0 Å². The Morgan fingerprint density at radius 1 is 1.16 bits per heavy atom. The second kappa shape index (κ2) is 7.76. The first-order valence-corrected chi connectivity index (χ1v) is 9.11. The van der Waals surface area contributed by atoms with Gasteiger partial charge in [-0.05, 0) is 42.8 Å². The standard InChI is InChI=1S/C17H18ClNO5S/c1-12-10-13(8-9-16(12)23-2)25(21,22)19(11-17(20)24-3)15-7-5-4-6-14(15)18/h4-10H,11H2,1-3H3. The summed E-state index contributed by atoms with van der Waals surface area (Å²) >= 11 is 6.14. The molecule has 25 heavy (non-hydrogen) atoms. The van der Waals surface area contributed by atoms with Gasteiger partial charge in [0.05, 0.1) is 29.8 Å². The number of benzene rings is 2. The van der Waals surface area contributed by atoms with Crippen molar-refractivity contribution in [3.05, 3.63) is 53.1 Å². The Morgan fingerprint density at radius 2 is 1.84 bits per heavy atom. The van der Waals surface area contributed by atoms with Crippen LogP contribution in [0.5, 0.6) is 5.75 Å². The Morgan fingerprint density at radius 3 is 2.40 bits per heavy atom. The minimum absolute atomic E-state index is 0.0228. The van der Waals surface area contributed by atoms with Crippen molar-refractivity contribution in [1.82, 2.24) is 0 Å². The molecule has 2 rings (SSSR count). The first kappa shape index (κ1) is 19.1. The third-order valence-corrected chi connectivity index (χ3v) is 5.65. The fourth-order valence-corrected chi connectivity index (χ4v) is 4.08. The van der Waals surface area contributed by atoms with E-state index in [0.717, 1.165) is 4.31 Å². The fourth-order valence-electron chi connectivity index (χ4n) is 2.27. The number of carbonyl (C=O) groups is 1. The summed E-state index contributed by atoms with van der Waals surface area (Å²) in [5.41, 5.74) is 0.851. The van der Waals surface area contributed by atoms with Crippen LogP contribution >= 0.6 is 11.6 Å². The molecule has 0 spiro atoms. The number of carbonyl (C=O) groups excluding carboxylic acids is 1. The highest BCUT2D eigenvalue weighted by Gasteiger charge is 2.29. The number of hydrogen-bond acceptors (Lipinski definition) is 5. The lowest BCUT2D eigenvalue weighted by atomic mass is 10.2. The summed E-state index contributed by atoms with van der Waals surface area (Å²) in [7, 11) is -1.34. The second-order valence-electron chi connectivity index (χ2n) is 5.17. The van der Waals surface area contributed by atoms with Crippen LogP contribution in [0.4, 0.5) is 5.69 Å². The molecule has 134 valence electrons. The predicted octanol–water partition coefficient (Wildman–Crippen LogP) is 3.03. The summed E-state index contributed by atoms with van der Waals surface area (Å²) in [4.78, 5) is 11.8. The number of nitrogens with zero attached hydrogens (tertiary/aromatic N) is 1. The molecule has 0 amide bonds. The average Bonchev–Trinajstić information content (AvgIpc) is 2.60. The number of hydrogen-bond donors (Lipinski definition) is 0. The zero-order chi connectivity index (χ0) is 18.6. The van der Waals surface area contributed by atoms with Crippen molar-refractivity contribution in [3.63, 3.8) is 0 Å². The van der Waals surface area contributed by atoms with E-state index in [2.05, 4.69) is 4.74 Å². The monoisotopic (exact) mass is 383 g/mol. The van der Waals surface area contributed by atoms with Crippen molar-refractivity contribution in [2.75, 3.05) is 25.1 Å². The van der Waals surface area contributed by atoms with Crippen molar-refractivity contribution in [1.29, 1.82) is 0 Å². The summed E-state index contributed by atoms with van der Waals surface area (Å²) in [6, 6.07) is 10.9. The van der Waals surface area contributed by atoms with Gasteiger partial charge in [-0.1, -0.05) is 23.7 Å². The second-order valence-corrected chi connectivity index (χ2v) is 7.44. The van der Waals surface area contributed by atoms with E-state index in [0.29, 0.717) is 11.3 Å². The molecule has 0 heterocycles. The molecular formula is C17H18ClNO5S. The van der Waals surface area contributed by atoms with Crippen LogP contribution in [-0.4, -0.2) is 35.2 Å². The highest BCUT2D eigenvalue weighted by atomic mass is 35.5. The van der Waals surface area contributed by atoms with E-state index >= 15 is 0 Å². The molecule has 2 aromatic rings. The lowest BCUT2D eigenvalue weighted by Gasteiger charge is -2.24. The molecule has 0 unspecified atom stereocenters. The van der Waals surface area contributed by atoms with Gasteiger partial charge in [-0.25, -0.2) is 8.42 Å². The highest BCUT2D eigenvalue weighted by Crippen LogP contribution is 2.31. The lowest BCUT2D eigenvalue weighted by molar-refractivity contribution is -0.138. The molecule has 6 nitrogen and oxygen atoms in total. The average molecular weight is 384 g/mol. The first-order valence-electron chi connectivity index (χ1n) is 7.30. The van der Waals surface area contributed by atoms with Crippen LogP contribution in [-0.2, 0) is 19.6 Å². The van der Waals surface area contributed by atoms with E-state index in [4.69, 9.17) is 16.3 Å². The fraction of sp³-hybridized carbons (Fsp3) is 0.235. The van der Waals surface area contributed by atoms with Crippen molar-refractivity contribution in [3.8, 4) is 5.75 Å². The van der Waals surface area contributed by atoms with Gasteiger partial charge in [-0.15, -0.1) is 0 Å². The molecule has 0 atom stereocenters. The zero-order valence-electron chi connectivity index (χ0n) is 14.0. The van der Waals surface area contributed by atoms with Crippen LogP contribution in [0.25, 0.3) is 0 Å². The summed E-state index contributed by atoms with van der Waals surface area (Å²) in [5.74, 6) is -0.134. The molecule has 2 aromatic carbocycles. The molecule has 0 saturated carbocycles. The van der Waals surface area contributed by atoms with E-state index < -0.39 is 22.5 Å². The lowest BCUT2D eigenvalue weighted by Crippen LogP contribution is -2.36. The van der Waals surface area contributed by atoms with E-state index in [-0.39, 0.29) is 15.6 Å². The quantitative estimate of drug-likeness (QED) is 0.717. The summed E-state index contributed by atoms with van der Waals surface area (Å²) in [5, 5.41) is 0.209. The van der Waals surface area contributed by atoms with E-state index in [9.17, 15) is 13.2 Å². The molecular weight excluding hydrogens is 366 g/mol. The van der Waals surface area contributed by atoms with Crippen LogP contribution in [0.1, 0.15) is 5.56 Å². The van der Waals surface area contributed by atoms with Crippen LogP contribution in [0.3, 0.4) is 0 Å². The molecule has 0 radical (unpaired) electrons. The van der Waals surface area contributed by atoms with Gasteiger partial charge in [0.2, 0.25) is 0 Å². The smallest absolute Gasteiger partial charge is 0.326 e. The van der Waals surface area contributed by atoms with Gasteiger partial charge in [0, 0.05) is 0 Å². The van der Waals surface area contributed by atoms with Gasteiger partial charge in [0.1, 0.15) is 12.3 Å². The van der Waals surface area contributed by atoms with Gasteiger partial charge in [0.15, 0.2) is 0 Å². The minimum atomic E-state index is -4.04. The number of esters is 1. The van der Waals surface area contributed by atoms with Crippen LogP contribution in [0.15, 0.2) is 47.4 Å². The number of aryl methyl sites for hydroxylation is 1. The molecule has 0 aliphatic heterocycles. The Labute approximate surface area is 152 Å². The minimum Gasteiger partial charge on any atom is -0.496 e. The Kier molecular flexibility index (Phi) is 5.92. The summed E-state index contributed by atoms with van der Waals surface area (Å²) < 4.78 is 36.9. The van der Waals surface area contributed by atoms with Gasteiger partial charge in [-0.3, -0.25) is 9.10 Å². The molecule has 0 aliphatic rings. The molecule has 0 fully saturated rings. The Balaban J connectivity index is 2.57. The number of anilines is 1. The van der Waals surface area contributed by atoms with E-state index in [1.165, 1.54) is 32.4 Å². The van der Waals surface area contributed by atoms with Crippen LogP contribution < -0.4 is 9.04 Å². The van der Waals surface area contributed by atoms with Gasteiger partial charge in [0.25, 0.3) is 10.0 Å². The molecule has 0 saturated heterocycles. The topological polar surface area (TPSA) is 72.9 Å². The molecule has 0 N–H and O–H groups in total. The normalized spacial score (nSPS) is 11.0. The maximum absolute atomic E-state index is 13.1. The van der Waals surface area contributed by atoms with Gasteiger partial charge >= 0.3 is 5.97 Å². The molecule has 8 heteroatoms. The number of para-hydroxylation sites is 1. The maximum atomic E-state index is 13.1. The Hall–Kier alpha value is -2.25. The Bertz CT molecular complexity index is 882. The van der Waals surface area contributed by atoms with Crippen molar-refractivity contribution < 1.29 is 22.7 Å². The first-order chi connectivity index (χ1) is 11.8. The zero-order valence-corrected chi connectivity index (χ0v) is 15.6.